The zero-order valence-corrected chi connectivity index (χ0v) is 19.1. The van der Waals surface area contributed by atoms with Gasteiger partial charge in [0.1, 0.15) is 12.1 Å². The number of hydrogen-bond acceptors (Lipinski definition) is 7. The van der Waals surface area contributed by atoms with Crippen molar-refractivity contribution < 1.29 is 18.7 Å². The number of benzene rings is 2. The highest BCUT2D eigenvalue weighted by Gasteiger charge is 2.23. The van der Waals surface area contributed by atoms with Crippen molar-refractivity contribution in [2.45, 2.75) is 31.5 Å². The third-order valence-corrected chi connectivity index (χ3v) is 5.82. The second kappa shape index (κ2) is 11.1. The fourth-order valence-corrected chi connectivity index (χ4v) is 3.98. The summed E-state index contributed by atoms with van der Waals surface area (Å²) in [6.45, 7) is 2.60. The number of rotatable bonds is 8. The van der Waals surface area contributed by atoms with Crippen LogP contribution in [0.5, 0.6) is 0 Å². The molecule has 1 amide bonds. The van der Waals surface area contributed by atoms with Gasteiger partial charge in [0.15, 0.2) is 5.58 Å². The van der Waals surface area contributed by atoms with Gasteiger partial charge in [0, 0.05) is 26.7 Å². The van der Waals surface area contributed by atoms with E-state index in [0.29, 0.717) is 43.8 Å². The second-order valence-corrected chi connectivity index (χ2v) is 8.20. The highest BCUT2D eigenvalue weighted by molar-refractivity contribution is 5.82. The summed E-state index contributed by atoms with van der Waals surface area (Å²) in [4.78, 5) is 24.6. The van der Waals surface area contributed by atoms with Crippen molar-refractivity contribution in [2.75, 3.05) is 33.4 Å². The summed E-state index contributed by atoms with van der Waals surface area (Å²) in [5.41, 5.74) is 4.08. The van der Waals surface area contributed by atoms with Gasteiger partial charge in [-0.1, -0.05) is 30.3 Å². The largest absolute Gasteiger partial charge is 0.420 e. The molecule has 3 aromatic rings. The van der Waals surface area contributed by atoms with Crippen LogP contribution in [0.25, 0.3) is 22.2 Å². The number of amides is 1. The van der Waals surface area contributed by atoms with Crippen LogP contribution in [0.4, 0.5) is 0 Å². The number of nitrogens with zero attached hydrogens (tertiary/aromatic N) is 2. The van der Waals surface area contributed by atoms with Gasteiger partial charge in [-0.15, -0.1) is 0 Å². The maximum atomic E-state index is 12.5. The predicted molar refractivity (Wildman–Crippen MR) is 126 cm³/mol. The Kier molecular flexibility index (Phi) is 7.75. The first-order valence-corrected chi connectivity index (χ1v) is 11.3. The quantitative estimate of drug-likeness (QED) is 0.522. The van der Waals surface area contributed by atoms with E-state index in [9.17, 15) is 14.9 Å². The van der Waals surface area contributed by atoms with Gasteiger partial charge in [-0.05, 0) is 41.8 Å². The van der Waals surface area contributed by atoms with E-state index in [1.54, 1.807) is 17.7 Å². The molecule has 0 bridgehead atoms. The smallest absolute Gasteiger partial charge is 0.408 e. The lowest BCUT2D eigenvalue weighted by atomic mass is 10.0. The lowest BCUT2D eigenvalue weighted by molar-refractivity contribution is -0.132. The molecule has 0 saturated carbocycles. The van der Waals surface area contributed by atoms with Crippen LogP contribution < -0.4 is 16.4 Å². The van der Waals surface area contributed by atoms with Crippen molar-refractivity contribution in [3.8, 4) is 17.2 Å². The monoisotopic (exact) mass is 464 g/mol. The molecule has 1 fully saturated rings. The minimum atomic E-state index is -0.650. The van der Waals surface area contributed by atoms with Gasteiger partial charge in [-0.3, -0.25) is 9.36 Å². The van der Waals surface area contributed by atoms with E-state index < -0.39 is 17.9 Å². The standard InChI is InChI=1S/C25H28N4O5/c1-32-12-10-29-21-14-19(7-8-22(21)34-25(29)31)18-5-3-17(4-6-18)13-20(15-26)28-24(30)23-16-27-9-2-11-33-23/h3-8,14,20,23,27H,2,9-13,16H2,1H3,(H,28,30)/t20?,23-/m0/s1. The Morgan fingerprint density at radius 1 is 1.29 bits per heavy atom. The number of carbonyl (C=O) groups excluding carboxylic acids is 1. The topological polar surface area (TPSA) is 119 Å². The van der Waals surface area contributed by atoms with Crippen LogP contribution in [0, 0.1) is 11.3 Å². The third-order valence-electron chi connectivity index (χ3n) is 5.82. The molecule has 2 atom stereocenters. The number of fused-ring (bicyclic) bond motifs is 1. The molecule has 1 unspecified atom stereocenters. The molecular weight excluding hydrogens is 436 g/mol. The van der Waals surface area contributed by atoms with Gasteiger partial charge in [-0.25, -0.2) is 4.79 Å². The lowest BCUT2D eigenvalue weighted by Crippen LogP contribution is -2.46. The molecule has 34 heavy (non-hydrogen) atoms. The molecule has 1 aliphatic heterocycles. The van der Waals surface area contributed by atoms with Crippen LogP contribution in [-0.2, 0) is 27.2 Å². The molecule has 1 aliphatic rings. The van der Waals surface area contributed by atoms with E-state index in [1.807, 2.05) is 36.4 Å². The van der Waals surface area contributed by atoms with Crippen molar-refractivity contribution in [3.05, 3.63) is 58.6 Å². The summed E-state index contributed by atoms with van der Waals surface area (Å²) in [6, 6.07) is 14.9. The van der Waals surface area contributed by atoms with Crippen molar-refractivity contribution in [1.82, 2.24) is 15.2 Å². The minimum absolute atomic E-state index is 0.273. The maximum absolute atomic E-state index is 12.5. The first-order valence-electron chi connectivity index (χ1n) is 11.3. The molecule has 2 N–H and O–H groups in total. The number of nitriles is 1. The van der Waals surface area contributed by atoms with Crippen LogP contribution in [0.3, 0.4) is 0 Å². The summed E-state index contributed by atoms with van der Waals surface area (Å²) in [5, 5.41) is 15.5. The SMILES string of the molecule is COCCn1c(=O)oc2ccc(-c3ccc(CC(C#N)NC(=O)[C@@H]4CNCCCO4)cc3)cc21. The highest BCUT2D eigenvalue weighted by atomic mass is 16.5. The van der Waals surface area contributed by atoms with Crippen LogP contribution in [0.2, 0.25) is 0 Å². The van der Waals surface area contributed by atoms with Gasteiger partial charge in [0.05, 0.1) is 24.7 Å². The van der Waals surface area contributed by atoms with E-state index >= 15 is 0 Å². The van der Waals surface area contributed by atoms with Crippen molar-refractivity contribution >= 4 is 17.0 Å². The number of oxazole rings is 1. The van der Waals surface area contributed by atoms with Gasteiger partial charge < -0.3 is 24.5 Å². The number of aromatic nitrogens is 1. The number of carbonyl (C=O) groups is 1. The molecule has 2 aromatic carbocycles. The predicted octanol–water partition coefficient (Wildman–Crippen LogP) is 1.84. The van der Waals surface area contributed by atoms with Gasteiger partial charge in [0.2, 0.25) is 0 Å². The van der Waals surface area contributed by atoms with Crippen LogP contribution in [0.1, 0.15) is 12.0 Å². The molecule has 0 aliphatic carbocycles. The molecule has 9 heteroatoms. The van der Waals surface area contributed by atoms with E-state index in [-0.39, 0.29) is 5.91 Å². The van der Waals surface area contributed by atoms with E-state index in [0.717, 1.165) is 29.7 Å². The molecule has 0 radical (unpaired) electrons. The second-order valence-electron chi connectivity index (χ2n) is 8.20. The molecule has 1 aromatic heterocycles. The lowest BCUT2D eigenvalue weighted by Gasteiger charge is -2.18. The van der Waals surface area contributed by atoms with Gasteiger partial charge in [0.25, 0.3) is 5.91 Å². The van der Waals surface area contributed by atoms with E-state index in [4.69, 9.17) is 13.9 Å². The number of methoxy groups -OCH3 is 1. The number of nitrogens with one attached hydrogen (secondary N) is 2. The average Bonchev–Trinajstić information content (AvgIpc) is 3.01. The number of hydrogen-bond donors (Lipinski definition) is 2. The number of ether oxygens (including phenoxy) is 2. The summed E-state index contributed by atoms with van der Waals surface area (Å²) in [7, 11) is 1.59. The van der Waals surface area contributed by atoms with Crippen molar-refractivity contribution in [2.24, 2.45) is 0 Å². The Morgan fingerprint density at radius 3 is 2.85 bits per heavy atom. The molecule has 9 nitrogen and oxygen atoms in total. The third kappa shape index (κ3) is 5.54. The Hall–Kier alpha value is -3.45. The first-order chi connectivity index (χ1) is 16.6. The highest BCUT2D eigenvalue weighted by Crippen LogP contribution is 2.25. The average molecular weight is 465 g/mol. The summed E-state index contributed by atoms with van der Waals surface area (Å²) >= 11 is 0. The molecule has 2 heterocycles. The van der Waals surface area contributed by atoms with Crippen molar-refractivity contribution in [1.29, 1.82) is 5.26 Å². The first kappa shape index (κ1) is 23.7. The zero-order valence-electron chi connectivity index (χ0n) is 19.1. The normalized spacial score (nSPS) is 17.1. The molecule has 1 saturated heterocycles. The molecular formula is C25H28N4O5. The maximum Gasteiger partial charge on any atom is 0.420 e. The molecule has 178 valence electrons. The van der Waals surface area contributed by atoms with E-state index in [1.165, 1.54) is 0 Å². The summed E-state index contributed by atoms with van der Waals surface area (Å²) in [5.74, 6) is -0.681. The Balaban J connectivity index is 1.45. The summed E-state index contributed by atoms with van der Waals surface area (Å²) in [6.07, 6.45) is 0.663. The van der Waals surface area contributed by atoms with Gasteiger partial charge in [-0.2, -0.15) is 5.26 Å². The van der Waals surface area contributed by atoms with E-state index in [2.05, 4.69) is 16.7 Å². The van der Waals surface area contributed by atoms with Crippen LogP contribution in [0.15, 0.2) is 51.7 Å². The van der Waals surface area contributed by atoms with Crippen molar-refractivity contribution in [3.63, 3.8) is 0 Å². The molecule has 0 spiro atoms. The molecule has 4 rings (SSSR count). The fraction of sp³-hybridized carbons (Fsp3) is 0.400. The van der Waals surface area contributed by atoms with Crippen LogP contribution in [-0.4, -0.2) is 56.0 Å². The summed E-state index contributed by atoms with van der Waals surface area (Å²) < 4.78 is 17.5. The Morgan fingerprint density at radius 2 is 2.09 bits per heavy atom. The zero-order chi connectivity index (χ0) is 23.9. The minimum Gasteiger partial charge on any atom is -0.408 e. The fourth-order valence-electron chi connectivity index (χ4n) is 3.98. The van der Waals surface area contributed by atoms with Gasteiger partial charge >= 0.3 is 5.76 Å². The van der Waals surface area contributed by atoms with Crippen LogP contribution >= 0.6 is 0 Å². The Labute approximate surface area is 197 Å². The Bertz CT molecular complexity index is 1220.